The highest BCUT2D eigenvalue weighted by Gasteiger charge is 2.20. The Labute approximate surface area is 174 Å². The van der Waals surface area contributed by atoms with E-state index < -0.39 is 5.69 Å². The fraction of sp³-hybridized carbons (Fsp3) is 0.500. The van der Waals surface area contributed by atoms with Crippen LogP contribution < -0.4 is 32.9 Å². The zero-order valence-electron chi connectivity index (χ0n) is 17.2. The van der Waals surface area contributed by atoms with Gasteiger partial charge in [0.1, 0.15) is 5.75 Å². The van der Waals surface area contributed by atoms with Crippen molar-refractivity contribution < 1.29 is 4.74 Å². The van der Waals surface area contributed by atoms with Gasteiger partial charge in [-0.25, -0.2) is 14.2 Å². The molecule has 0 radical (unpaired) electrons. The summed E-state index contributed by atoms with van der Waals surface area (Å²) >= 11 is 0. The van der Waals surface area contributed by atoms with Crippen LogP contribution in [0.15, 0.2) is 38.8 Å². The van der Waals surface area contributed by atoms with Gasteiger partial charge in [0.2, 0.25) is 5.95 Å². The van der Waals surface area contributed by atoms with Crippen LogP contribution in [0.4, 0.5) is 5.95 Å². The second-order valence-corrected chi connectivity index (χ2v) is 7.43. The first-order chi connectivity index (χ1) is 14.5. The second-order valence-electron chi connectivity index (χ2n) is 7.43. The van der Waals surface area contributed by atoms with Gasteiger partial charge in [-0.05, 0) is 36.5 Å². The van der Waals surface area contributed by atoms with E-state index >= 15 is 0 Å². The molecule has 1 aliphatic rings. The van der Waals surface area contributed by atoms with Gasteiger partial charge in [-0.2, -0.15) is 4.98 Å². The van der Waals surface area contributed by atoms with Crippen LogP contribution in [0, 0.1) is 5.92 Å². The van der Waals surface area contributed by atoms with Gasteiger partial charge >= 0.3 is 11.4 Å². The average molecular weight is 415 g/mol. The SMILES string of the molecule is COc1ccc(Cn2c(NCCN=C(N)N)nc(=O)n(CC3CCCC3)c2=O)cc1. The summed E-state index contributed by atoms with van der Waals surface area (Å²) < 4.78 is 7.92. The van der Waals surface area contributed by atoms with Crippen LogP contribution in [0.2, 0.25) is 0 Å². The molecular formula is C20H29N7O3. The third kappa shape index (κ3) is 5.40. The fourth-order valence-electron chi connectivity index (χ4n) is 3.68. The standard InChI is InChI=1S/C20H29N7O3/c1-30-16-8-6-15(7-9-16)12-26-18(24-11-10-23-17(21)22)25-19(28)27(20(26)29)13-14-4-2-3-5-14/h6-9,14H,2-5,10-13H2,1H3,(H4,21,22,23)(H,24,25,28). The quantitative estimate of drug-likeness (QED) is 0.304. The minimum absolute atomic E-state index is 0.0210. The molecule has 30 heavy (non-hydrogen) atoms. The summed E-state index contributed by atoms with van der Waals surface area (Å²) in [5.74, 6) is 1.25. The zero-order valence-corrected chi connectivity index (χ0v) is 17.2. The summed E-state index contributed by atoms with van der Waals surface area (Å²) in [5.41, 5.74) is 10.7. The van der Waals surface area contributed by atoms with E-state index in [2.05, 4.69) is 15.3 Å². The van der Waals surface area contributed by atoms with E-state index in [-0.39, 0.29) is 24.1 Å². The monoisotopic (exact) mass is 415 g/mol. The second kappa shape index (κ2) is 9.95. The van der Waals surface area contributed by atoms with Crippen LogP contribution in [0.3, 0.4) is 0 Å². The van der Waals surface area contributed by atoms with Gasteiger partial charge in [-0.3, -0.25) is 9.56 Å². The highest BCUT2D eigenvalue weighted by atomic mass is 16.5. The Morgan fingerprint density at radius 1 is 1.20 bits per heavy atom. The minimum atomic E-state index is -0.540. The van der Waals surface area contributed by atoms with Crippen molar-refractivity contribution in [1.82, 2.24) is 14.1 Å². The Morgan fingerprint density at radius 3 is 2.53 bits per heavy atom. The molecule has 5 N–H and O–H groups in total. The zero-order chi connectivity index (χ0) is 21.5. The number of nitrogens with two attached hydrogens (primary N) is 2. The third-order valence-electron chi connectivity index (χ3n) is 5.25. The van der Waals surface area contributed by atoms with Crippen molar-refractivity contribution in [3.63, 3.8) is 0 Å². The largest absolute Gasteiger partial charge is 0.497 e. The molecule has 0 unspecified atom stereocenters. The lowest BCUT2D eigenvalue weighted by Crippen LogP contribution is -2.44. The molecule has 0 bridgehead atoms. The van der Waals surface area contributed by atoms with Crippen LogP contribution in [0.5, 0.6) is 5.75 Å². The summed E-state index contributed by atoms with van der Waals surface area (Å²) in [4.78, 5) is 33.9. The number of nitrogens with zero attached hydrogens (tertiary/aromatic N) is 4. The predicted molar refractivity (Wildman–Crippen MR) is 116 cm³/mol. The van der Waals surface area contributed by atoms with Crippen molar-refractivity contribution in [3.8, 4) is 5.75 Å². The molecule has 0 amide bonds. The maximum absolute atomic E-state index is 13.2. The van der Waals surface area contributed by atoms with Crippen molar-refractivity contribution in [2.24, 2.45) is 22.4 Å². The third-order valence-corrected chi connectivity index (χ3v) is 5.25. The molecule has 0 saturated heterocycles. The molecule has 1 aromatic carbocycles. The summed E-state index contributed by atoms with van der Waals surface area (Å²) in [6, 6.07) is 7.41. The number of hydrogen-bond donors (Lipinski definition) is 3. The predicted octanol–water partition coefficient (Wildman–Crippen LogP) is 0.337. The molecule has 0 atom stereocenters. The van der Waals surface area contributed by atoms with Gasteiger partial charge in [-0.15, -0.1) is 0 Å². The number of methoxy groups -OCH3 is 1. The van der Waals surface area contributed by atoms with Gasteiger partial charge in [0.05, 0.1) is 20.2 Å². The Hall–Kier alpha value is -3.30. The van der Waals surface area contributed by atoms with Crippen LogP contribution in [-0.2, 0) is 13.1 Å². The molecule has 162 valence electrons. The number of aromatic nitrogens is 3. The lowest BCUT2D eigenvalue weighted by Gasteiger charge is -2.17. The number of nitrogens with one attached hydrogen (secondary N) is 1. The molecule has 1 saturated carbocycles. The summed E-state index contributed by atoms with van der Waals surface area (Å²) in [7, 11) is 1.60. The summed E-state index contributed by atoms with van der Waals surface area (Å²) in [6.07, 6.45) is 4.33. The first-order valence-electron chi connectivity index (χ1n) is 10.1. The van der Waals surface area contributed by atoms with E-state index in [1.165, 1.54) is 9.13 Å². The van der Waals surface area contributed by atoms with Crippen molar-refractivity contribution in [2.45, 2.75) is 38.8 Å². The molecule has 1 aliphatic carbocycles. The lowest BCUT2D eigenvalue weighted by molar-refractivity contribution is 0.414. The van der Waals surface area contributed by atoms with Crippen LogP contribution in [0.1, 0.15) is 31.2 Å². The Balaban J connectivity index is 1.91. The van der Waals surface area contributed by atoms with E-state index in [0.29, 0.717) is 25.6 Å². The first kappa shape index (κ1) is 21.4. The molecule has 3 rings (SSSR count). The van der Waals surface area contributed by atoms with Crippen molar-refractivity contribution in [2.75, 3.05) is 25.5 Å². The van der Waals surface area contributed by atoms with Crippen LogP contribution >= 0.6 is 0 Å². The highest BCUT2D eigenvalue weighted by Crippen LogP contribution is 2.25. The fourth-order valence-corrected chi connectivity index (χ4v) is 3.68. The number of benzene rings is 1. The van der Waals surface area contributed by atoms with E-state index in [9.17, 15) is 9.59 Å². The topological polar surface area (TPSA) is 143 Å². The molecular weight excluding hydrogens is 386 g/mol. The maximum atomic E-state index is 13.2. The number of guanidine groups is 1. The molecule has 1 fully saturated rings. The molecule has 10 heteroatoms. The van der Waals surface area contributed by atoms with Crippen LogP contribution in [-0.4, -0.2) is 40.3 Å². The smallest absolute Gasteiger partial charge is 0.354 e. The van der Waals surface area contributed by atoms with Crippen molar-refractivity contribution >= 4 is 11.9 Å². The Bertz CT molecular complexity index is 985. The summed E-state index contributed by atoms with van der Waals surface area (Å²) in [6.45, 7) is 1.30. The highest BCUT2D eigenvalue weighted by molar-refractivity contribution is 5.75. The first-order valence-corrected chi connectivity index (χ1v) is 10.1. The van der Waals surface area contributed by atoms with Gasteiger partial charge in [0, 0.05) is 13.1 Å². The Kier molecular flexibility index (Phi) is 7.10. The van der Waals surface area contributed by atoms with E-state index in [4.69, 9.17) is 16.2 Å². The number of aliphatic imine (C=N–C) groups is 1. The normalized spacial score (nSPS) is 13.9. The van der Waals surface area contributed by atoms with E-state index in [1.807, 2.05) is 24.3 Å². The lowest BCUT2D eigenvalue weighted by atomic mass is 10.1. The maximum Gasteiger partial charge on any atom is 0.354 e. The molecule has 2 aromatic rings. The van der Waals surface area contributed by atoms with Crippen molar-refractivity contribution in [3.05, 3.63) is 50.8 Å². The van der Waals surface area contributed by atoms with Gasteiger partial charge in [0.25, 0.3) is 0 Å². The van der Waals surface area contributed by atoms with Gasteiger partial charge in [0.15, 0.2) is 5.96 Å². The van der Waals surface area contributed by atoms with Gasteiger partial charge < -0.3 is 21.5 Å². The molecule has 1 heterocycles. The van der Waals surface area contributed by atoms with Crippen molar-refractivity contribution in [1.29, 1.82) is 0 Å². The number of rotatable bonds is 9. The Morgan fingerprint density at radius 2 is 1.90 bits per heavy atom. The summed E-state index contributed by atoms with van der Waals surface area (Å²) in [5, 5.41) is 3.01. The molecule has 1 aromatic heterocycles. The van der Waals surface area contributed by atoms with Crippen LogP contribution in [0.25, 0.3) is 0 Å². The number of anilines is 1. The van der Waals surface area contributed by atoms with E-state index in [0.717, 1.165) is 37.0 Å². The molecule has 0 spiro atoms. The minimum Gasteiger partial charge on any atom is -0.497 e. The average Bonchev–Trinajstić information content (AvgIpc) is 3.24. The molecule has 0 aliphatic heterocycles. The van der Waals surface area contributed by atoms with E-state index in [1.54, 1.807) is 7.11 Å². The number of ether oxygens (including phenoxy) is 1. The number of hydrogen-bond acceptors (Lipinski definition) is 6. The van der Waals surface area contributed by atoms with Gasteiger partial charge in [-0.1, -0.05) is 25.0 Å². The molecule has 10 nitrogen and oxygen atoms in total.